The lowest BCUT2D eigenvalue weighted by Crippen LogP contribution is -2.21. The van der Waals surface area contributed by atoms with E-state index in [1.54, 1.807) is 14.2 Å². The van der Waals surface area contributed by atoms with Crippen molar-refractivity contribution in [3.05, 3.63) is 58.1 Å². The van der Waals surface area contributed by atoms with Crippen molar-refractivity contribution >= 4 is 11.6 Å². The van der Waals surface area contributed by atoms with Crippen LogP contribution in [-0.2, 0) is 6.54 Å². The summed E-state index contributed by atoms with van der Waals surface area (Å²) in [4.78, 5) is 0. The highest BCUT2D eigenvalue weighted by atomic mass is 35.5. The number of ether oxygens (including phenoxy) is 2. The molecule has 1 unspecified atom stereocenters. The van der Waals surface area contributed by atoms with Crippen molar-refractivity contribution in [2.24, 2.45) is 0 Å². The summed E-state index contributed by atoms with van der Waals surface area (Å²) in [7, 11) is 3.13. The molecular weight excluding hydrogens is 314 g/mol. The molecule has 5 heteroatoms. The lowest BCUT2D eigenvalue weighted by molar-refractivity contribution is 0.174. The maximum atomic E-state index is 10.2. The SMILES string of the molecule is COc1cc(CNCC(O)c2ccc(C)cc2)cc(Cl)c1OC. The van der Waals surface area contributed by atoms with Gasteiger partial charge in [-0.25, -0.2) is 0 Å². The Morgan fingerprint density at radius 1 is 1.13 bits per heavy atom. The van der Waals surface area contributed by atoms with Crippen LogP contribution >= 0.6 is 11.6 Å². The summed E-state index contributed by atoms with van der Waals surface area (Å²) in [5.41, 5.74) is 3.03. The van der Waals surface area contributed by atoms with E-state index in [2.05, 4.69) is 5.32 Å². The fraction of sp³-hybridized carbons (Fsp3) is 0.333. The van der Waals surface area contributed by atoms with Crippen molar-refractivity contribution in [1.82, 2.24) is 5.32 Å². The molecule has 0 aliphatic carbocycles. The predicted octanol–water partition coefficient (Wildman–Crippen LogP) is 3.49. The zero-order valence-electron chi connectivity index (χ0n) is 13.6. The third kappa shape index (κ3) is 4.61. The van der Waals surface area contributed by atoms with Crippen LogP contribution in [0.5, 0.6) is 11.5 Å². The van der Waals surface area contributed by atoms with Gasteiger partial charge in [0.05, 0.1) is 25.3 Å². The van der Waals surface area contributed by atoms with Crippen LogP contribution in [0.25, 0.3) is 0 Å². The Balaban J connectivity index is 1.96. The molecule has 23 heavy (non-hydrogen) atoms. The smallest absolute Gasteiger partial charge is 0.179 e. The molecule has 0 bridgehead atoms. The van der Waals surface area contributed by atoms with Crippen LogP contribution in [0.15, 0.2) is 36.4 Å². The summed E-state index contributed by atoms with van der Waals surface area (Å²) in [5.74, 6) is 1.12. The first-order valence-electron chi connectivity index (χ1n) is 7.41. The summed E-state index contributed by atoms with van der Waals surface area (Å²) in [6.07, 6.45) is -0.550. The fourth-order valence-electron chi connectivity index (χ4n) is 2.33. The molecule has 1 atom stereocenters. The topological polar surface area (TPSA) is 50.7 Å². The van der Waals surface area contributed by atoms with Gasteiger partial charge in [-0.2, -0.15) is 0 Å². The number of methoxy groups -OCH3 is 2. The molecule has 0 saturated heterocycles. The maximum Gasteiger partial charge on any atom is 0.179 e. The van der Waals surface area contributed by atoms with Crippen molar-refractivity contribution in [1.29, 1.82) is 0 Å². The molecule has 2 aromatic rings. The molecule has 4 nitrogen and oxygen atoms in total. The third-order valence-electron chi connectivity index (χ3n) is 3.62. The van der Waals surface area contributed by atoms with E-state index in [-0.39, 0.29) is 0 Å². The summed E-state index contributed by atoms with van der Waals surface area (Å²) < 4.78 is 10.5. The number of aliphatic hydroxyl groups is 1. The summed E-state index contributed by atoms with van der Waals surface area (Å²) in [6.45, 7) is 3.05. The molecule has 124 valence electrons. The van der Waals surface area contributed by atoms with Gasteiger partial charge in [-0.05, 0) is 30.2 Å². The average Bonchev–Trinajstić information content (AvgIpc) is 2.54. The van der Waals surface area contributed by atoms with E-state index < -0.39 is 6.10 Å². The van der Waals surface area contributed by atoms with Crippen LogP contribution in [0.2, 0.25) is 5.02 Å². The van der Waals surface area contributed by atoms with Gasteiger partial charge < -0.3 is 19.9 Å². The molecule has 0 fully saturated rings. The van der Waals surface area contributed by atoms with E-state index in [1.165, 1.54) is 5.56 Å². The number of hydrogen-bond acceptors (Lipinski definition) is 4. The van der Waals surface area contributed by atoms with E-state index in [4.69, 9.17) is 21.1 Å². The minimum absolute atomic E-state index is 0.453. The van der Waals surface area contributed by atoms with Crippen molar-refractivity contribution in [3.63, 3.8) is 0 Å². The number of hydrogen-bond donors (Lipinski definition) is 2. The number of aliphatic hydroxyl groups excluding tert-OH is 1. The molecule has 0 amide bonds. The molecule has 2 rings (SSSR count). The molecule has 0 heterocycles. The van der Waals surface area contributed by atoms with Gasteiger partial charge in [-0.15, -0.1) is 0 Å². The van der Waals surface area contributed by atoms with Crippen molar-refractivity contribution in [2.75, 3.05) is 20.8 Å². The first kappa shape index (κ1) is 17.6. The highest BCUT2D eigenvalue weighted by Gasteiger charge is 2.11. The van der Waals surface area contributed by atoms with E-state index in [9.17, 15) is 5.11 Å². The molecule has 0 saturated carbocycles. The first-order valence-corrected chi connectivity index (χ1v) is 7.78. The Labute approximate surface area is 142 Å². The second-order valence-corrected chi connectivity index (χ2v) is 5.78. The van der Waals surface area contributed by atoms with E-state index >= 15 is 0 Å². The Kier molecular flexibility index (Phi) is 6.28. The highest BCUT2D eigenvalue weighted by molar-refractivity contribution is 6.32. The first-order chi connectivity index (χ1) is 11.0. The molecule has 0 aromatic heterocycles. The Bertz CT molecular complexity index is 643. The van der Waals surface area contributed by atoms with Gasteiger partial charge in [0.25, 0.3) is 0 Å². The van der Waals surface area contributed by atoms with Crippen molar-refractivity contribution < 1.29 is 14.6 Å². The molecule has 0 radical (unpaired) electrons. The lowest BCUT2D eigenvalue weighted by atomic mass is 10.1. The Morgan fingerprint density at radius 3 is 2.43 bits per heavy atom. The molecule has 0 spiro atoms. The zero-order valence-corrected chi connectivity index (χ0v) is 14.4. The average molecular weight is 336 g/mol. The van der Waals surface area contributed by atoms with Crippen molar-refractivity contribution in [3.8, 4) is 11.5 Å². The fourth-order valence-corrected chi connectivity index (χ4v) is 2.64. The van der Waals surface area contributed by atoms with Gasteiger partial charge in [0, 0.05) is 13.1 Å². The van der Waals surface area contributed by atoms with Crippen LogP contribution in [0.4, 0.5) is 0 Å². The van der Waals surface area contributed by atoms with Crippen LogP contribution in [0.1, 0.15) is 22.8 Å². The van der Waals surface area contributed by atoms with Gasteiger partial charge >= 0.3 is 0 Å². The van der Waals surface area contributed by atoms with E-state index in [0.717, 1.165) is 11.1 Å². The van der Waals surface area contributed by atoms with E-state index in [1.807, 2.05) is 43.3 Å². The van der Waals surface area contributed by atoms with Crippen LogP contribution < -0.4 is 14.8 Å². The van der Waals surface area contributed by atoms with Crippen molar-refractivity contribution in [2.45, 2.75) is 19.6 Å². The summed E-state index contributed by atoms with van der Waals surface area (Å²) in [6, 6.07) is 11.6. The summed E-state index contributed by atoms with van der Waals surface area (Å²) >= 11 is 6.18. The van der Waals surface area contributed by atoms with Gasteiger partial charge in [0.2, 0.25) is 0 Å². The molecule has 0 aliphatic rings. The largest absolute Gasteiger partial charge is 0.493 e. The Morgan fingerprint density at radius 2 is 1.83 bits per heavy atom. The predicted molar refractivity (Wildman–Crippen MR) is 92.4 cm³/mol. The Hall–Kier alpha value is -1.75. The second-order valence-electron chi connectivity index (χ2n) is 5.37. The lowest BCUT2D eigenvalue weighted by Gasteiger charge is -2.14. The number of nitrogens with one attached hydrogen (secondary N) is 1. The van der Waals surface area contributed by atoms with Gasteiger partial charge in [0.15, 0.2) is 11.5 Å². The highest BCUT2D eigenvalue weighted by Crippen LogP contribution is 2.35. The minimum atomic E-state index is -0.550. The number of benzene rings is 2. The monoisotopic (exact) mass is 335 g/mol. The summed E-state index contributed by atoms with van der Waals surface area (Å²) in [5, 5.41) is 13.9. The number of rotatable bonds is 7. The van der Waals surface area contributed by atoms with Crippen LogP contribution in [-0.4, -0.2) is 25.9 Å². The number of halogens is 1. The molecule has 2 aromatic carbocycles. The minimum Gasteiger partial charge on any atom is -0.493 e. The van der Waals surface area contributed by atoms with Crippen LogP contribution in [0.3, 0.4) is 0 Å². The normalized spacial score (nSPS) is 12.0. The molecule has 2 N–H and O–H groups in total. The maximum absolute atomic E-state index is 10.2. The van der Waals surface area contributed by atoms with E-state index in [0.29, 0.717) is 29.6 Å². The van der Waals surface area contributed by atoms with Gasteiger partial charge in [-0.3, -0.25) is 0 Å². The third-order valence-corrected chi connectivity index (χ3v) is 3.90. The van der Waals surface area contributed by atoms with Gasteiger partial charge in [-0.1, -0.05) is 41.4 Å². The molecule has 0 aliphatic heterocycles. The standard InChI is InChI=1S/C18H22ClNO3/c1-12-4-6-14(7-5-12)16(21)11-20-10-13-8-15(19)18(23-3)17(9-13)22-2/h4-9,16,20-21H,10-11H2,1-3H3. The molecular formula is C18H22ClNO3. The second kappa shape index (κ2) is 8.20. The van der Waals surface area contributed by atoms with Crippen LogP contribution in [0, 0.1) is 6.92 Å². The van der Waals surface area contributed by atoms with Gasteiger partial charge in [0.1, 0.15) is 0 Å². The number of aryl methyl sites for hydroxylation is 1. The zero-order chi connectivity index (χ0) is 16.8. The quantitative estimate of drug-likeness (QED) is 0.813.